The minimum atomic E-state index is -1.31. The van der Waals surface area contributed by atoms with E-state index in [0.717, 1.165) is 18.4 Å². The van der Waals surface area contributed by atoms with Crippen LogP contribution in [0.3, 0.4) is 0 Å². The predicted molar refractivity (Wildman–Crippen MR) is 76.5 cm³/mol. The topological polar surface area (TPSA) is 32.3 Å². The van der Waals surface area contributed by atoms with Gasteiger partial charge < -0.3 is 9.53 Å². The SMILES string of the molecule is C[Si](C)(C)OCc1ccc[cH-]1.[Fe+2].[O-]C=C1C=CC=C1. The Balaban J connectivity index is 0.000000352. The Morgan fingerprint density at radius 1 is 1.26 bits per heavy atom. The van der Waals surface area contributed by atoms with Crippen LogP contribution < -0.4 is 5.11 Å². The summed E-state index contributed by atoms with van der Waals surface area (Å²) in [6.45, 7) is 7.39. The summed E-state index contributed by atoms with van der Waals surface area (Å²) in [5.74, 6) is 0. The molecule has 0 aromatic heterocycles. The van der Waals surface area contributed by atoms with E-state index in [4.69, 9.17) is 4.43 Å². The molecule has 0 spiro atoms. The molecule has 2 nitrogen and oxygen atoms in total. The molecule has 0 amide bonds. The van der Waals surface area contributed by atoms with Gasteiger partial charge >= 0.3 is 17.1 Å². The molecule has 1 aromatic rings. The van der Waals surface area contributed by atoms with Crippen LogP contribution in [0.5, 0.6) is 0 Å². The van der Waals surface area contributed by atoms with Crippen LogP contribution in [0.4, 0.5) is 0 Å². The summed E-state index contributed by atoms with van der Waals surface area (Å²) in [4.78, 5) is 0. The molecule has 0 saturated heterocycles. The molecule has 0 radical (unpaired) electrons. The fourth-order valence-corrected chi connectivity index (χ4v) is 1.88. The van der Waals surface area contributed by atoms with Gasteiger partial charge in [0.2, 0.25) is 0 Å². The summed E-state index contributed by atoms with van der Waals surface area (Å²) < 4.78 is 5.71. The molecule has 4 heteroatoms. The molecule has 0 unspecified atom stereocenters. The minimum absolute atomic E-state index is 0. The molecule has 19 heavy (non-hydrogen) atoms. The zero-order valence-corrected chi connectivity index (χ0v) is 13.7. The maximum absolute atomic E-state index is 9.87. The van der Waals surface area contributed by atoms with Gasteiger partial charge in [-0.3, -0.25) is 0 Å². The maximum Gasteiger partial charge on any atom is 2.00 e. The third kappa shape index (κ3) is 8.73. The minimum Gasteiger partial charge on any atom is -0.877 e. The van der Waals surface area contributed by atoms with Crippen molar-refractivity contribution in [3.8, 4) is 0 Å². The van der Waals surface area contributed by atoms with Crippen molar-refractivity contribution in [3.63, 3.8) is 0 Å². The second-order valence-corrected chi connectivity index (χ2v) is 9.54. The monoisotopic (exact) mass is 316 g/mol. The van der Waals surface area contributed by atoms with Crippen molar-refractivity contribution in [1.82, 2.24) is 0 Å². The van der Waals surface area contributed by atoms with E-state index in [1.54, 1.807) is 12.2 Å². The van der Waals surface area contributed by atoms with Gasteiger partial charge in [-0.15, -0.1) is 11.8 Å². The third-order valence-electron chi connectivity index (χ3n) is 2.23. The normalized spacial score (nSPS) is 12.7. The van der Waals surface area contributed by atoms with Crippen molar-refractivity contribution < 1.29 is 26.6 Å². The van der Waals surface area contributed by atoms with Crippen LogP contribution in [0.25, 0.3) is 0 Å². The molecular formula is C15H20FeO2Si. The molecule has 1 aliphatic carbocycles. The summed E-state index contributed by atoms with van der Waals surface area (Å²) in [5, 5.41) is 9.87. The Bertz CT molecular complexity index is 411. The Hall–Kier alpha value is -0.934. The number of rotatable bonds is 3. The fourth-order valence-electron chi connectivity index (χ4n) is 1.28. The first-order valence-corrected chi connectivity index (χ1v) is 9.43. The van der Waals surface area contributed by atoms with Gasteiger partial charge in [-0.05, 0) is 25.2 Å². The van der Waals surface area contributed by atoms with Crippen LogP contribution in [0.1, 0.15) is 5.56 Å². The largest absolute Gasteiger partial charge is 2.00 e. The van der Waals surface area contributed by atoms with Gasteiger partial charge in [-0.25, -0.2) is 12.1 Å². The molecule has 0 atom stereocenters. The van der Waals surface area contributed by atoms with Crippen molar-refractivity contribution in [2.45, 2.75) is 26.2 Å². The zero-order valence-electron chi connectivity index (χ0n) is 11.6. The van der Waals surface area contributed by atoms with E-state index in [1.165, 1.54) is 5.56 Å². The first kappa shape index (κ1) is 18.1. The summed E-state index contributed by atoms with van der Waals surface area (Å²) in [5.41, 5.74) is 2.03. The van der Waals surface area contributed by atoms with Gasteiger partial charge in [0.1, 0.15) is 0 Å². The van der Waals surface area contributed by atoms with Crippen molar-refractivity contribution in [2.75, 3.05) is 0 Å². The molecule has 0 fully saturated rings. The van der Waals surface area contributed by atoms with Crippen LogP contribution >= 0.6 is 0 Å². The second kappa shape index (κ2) is 9.05. The quantitative estimate of drug-likeness (QED) is 0.487. The van der Waals surface area contributed by atoms with E-state index in [2.05, 4.69) is 31.8 Å². The third-order valence-corrected chi connectivity index (χ3v) is 3.24. The van der Waals surface area contributed by atoms with E-state index in [-0.39, 0.29) is 17.1 Å². The summed E-state index contributed by atoms with van der Waals surface area (Å²) in [6, 6.07) is 8.28. The predicted octanol–water partition coefficient (Wildman–Crippen LogP) is 3.11. The number of hydrogen-bond acceptors (Lipinski definition) is 2. The van der Waals surface area contributed by atoms with E-state index < -0.39 is 8.32 Å². The van der Waals surface area contributed by atoms with Crippen LogP contribution in [0.15, 0.2) is 60.4 Å². The number of hydrogen-bond donors (Lipinski definition) is 0. The number of allylic oxidation sites excluding steroid dienone is 5. The molecule has 0 saturated carbocycles. The van der Waals surface area contributed by atoms with Gasteiger partial charge in [-0.1, -0.05) is 24.3 Å². The molecule has 2 rings (SSSR count). The van der Waals surface area contributed by atoms with Crippen LogP contribution in [0, 0.1) is 0 Å². The molecule has 0 aliphatic heterocycles. The van der Waals surface area contributed by atoms with E-state index in [0.29, 0.717) is 0 Å². The standard InChI is InChI=1S/C9H15OSi.C6H6O.Fe/c1-11(2,3)10-8-9-6-4-5-7-9;7-5-6-3-1-2-4-6;/h4-7H,8H2,1-3H3;1-5,7H;/q-1;;+2/p-1. The average molecular weight is 316 g/mol. The smallest absolute Gasteiger partial charge is 0.877 e. The zero-order chi connectivity index (χ0) is 13.4. The first-order chi connectivity index (χ1) is 8.51. The molecule has 0 bridgehead atoms. The van der Waals surface area contributed by atoms with Gasteiger partial charge in [0, 0.05) is 6.61 Å². The van der Waals surface area contributed by atoms with Crippen LogP contribution in [0.2, 0.25) is 19.6 Å². The Morgan fingerprint density at radius 3 is 2.26 bits per heavy atom. The van der Waals surface area contributed by atoms with Crippen molar-refractivity contribution in [2.24, 2.45) is 0 Å². The van der Waals surface area contributed by atoms with Gasteiger partial charge in [-0.2, -0.15) is 12.1 Å². The van der Waals surface area contributed by atoms with Crippen molar-refractivity contribution >= 4 is 8.32 Å². The molecular weight excluding hydrogens is 296 g/mol. The first-order valence-electron chi connectivity index (χ1n) is 6.03. The van der Waals surface area contributed by atoms with Gasteiger partial charge in [0.05, 0.1) is 0 Å². The van der Waals surface area contributed by atoms with E-state index in [9.17, 15) is 5.11 Å². The molecule has 1 aromatic carbocycles. The van der Waals surface area contributed by atoms with Crippen LogP contribution in [-0.2, 0) is 28.1 Å². The molecule has 0 N–H and O–H groups in total. The van der Waals surface area contributed by atoms with Gasteiger partial charge in [0.15, 0.2) is 8.32 Å². The Morgan fingerprint density at radius 2 is 1.89 bits per heavy atom. The fraction of sp³-hybridized carbons (Fsp3) is 0.267. The van der Waals surface area contributed by atoms with Crippen molar-refractivity contribution in [3.05, 3.63) is 66.0 Å². The summed E-state index contributed by atoms with van der Waals surface area (Å²) in [7, 11) is -1.31. The molecule has 0 heterocycles. The van der Waals surface area contributed by atoms with E-state index in [1.807, 2.05) is 24.3 Å². The Labute approximate surface area is 127 Å². The summed E-state index contributed by atoms with van der Waals surface area (Å²) >= 11 is 0. The van der Waals surface area contributed by atoms with Gasteiger partial charge in [0.25, 0.3) is 0 Å². The summed E-state index contributed by atoms with van der Waals surface area (Å²) in [6.07, 6.45) is 8.05. The Kier molecular flexibility index (Phi) is 8.60. The van der Waals surface area contributed by atoms with Crippen molar-refractivity contribution in [1.29, 1.82) is 0 Å². The second-order valence-electron chi connectivity index (χ2n) is 5.03. The van der Waals surface area contributed by atoms with Crippen LogP contribution in [-0.4, -0.2) is 8.32 Å². The molecule has 104 valence electrons. The molecule has 1 aliphatic rings. The maximum atomic E-state index is 9.87. The average Bonchev–Trinajstić information content (AvgIpc) is 2.99. The van der Waals surface area contributed by atoms with E-state index >= 15 is 0 Å².